The number of hydrogen-bond donors (Lipinski definition) is 1. The Balaban J connectivity index is 1.48. The van der Waals surface area contributed by atoms with Gasteiger partial charge in [-0.25, -0.2) is 0 Å². The predicted octanol–water partition coefficient (Wildman–Crippen LogP) is 3.03. The minimum atomic E-state index is -0.0128. The van der Waals surface area contributed by atoms with Gasteiger partial charge in [-0.1, -0.05) is 5.16 Å². The number of aryl methyl sites for hydroxylation is 1. The summed E-state index contributed by atoms with van der Waals surface area (Å²) >= 11 is 0. The number of carbonyl (C=O) groups is 1. The second-order valence-corrected chi connectivity index (χ2v) is 6.95. The Labute approximate surface area is 166 Å². The zero-order valence-corrected chi connectivity index (χ0v) is 15.8. The van der Waals surface area contributed by atoms with E-state index in [9.17, 15) is 4.79 Å². The Morgan fingerprint density at radius 3 is 2.97 bits per heavy atom. The van der Waals surface area contributed by atoms with Gasteiger partial charge in [-0.05, 0) is 48.7 Å². The molecule has 1 amide bonds. The second-order valence-electron chi connectivity index (χ2n) is 6.95. The average molecular weight is 386 g/mol. The Hall–Kier alpha value is -3.81. The molecule has 0 atom stereocenters. The van der Waals surface area contributed by atoms with Crippen molar-refractivity contribution < 1.29 is 9.32 Å². The highest BCUT2D eigenvalue weighted by Crippen LogP contribution is 2.32. The lowest BCUT2D eigenvalue weighted by atomic mass is 9.94. The number of hydrogen-bond acceptors (Lipinski definition) is 6. The Kier molecular flexibility index (Phi) is 4.16. The van der Waals surface area contributed by atoms with Crippen molar-refractivity contribution in [1.82, 2.24) is 30.0 Å². The van der Waals surface area contributed by atoms with E-state index in [0.29, 0.717) is 36.9 Å². The number of rotatable bonds is 3. The van der Waals surface area contributed by atoms with Crippen LogP contribution in [0.4, 0.5) is 0 Å². The minimum Gasteiger partial charge on any atom is -0.357 e. The first kappa shape index (κ1) is 17.3. The number of nitrogens with one attached hydrogen (secondary N) is 1. The standard InChI is InChI=1S/C21H18N6O2/c1-13-18(19-25-20(29-26-19)14-4-2-7-22-10-14)16-6-9-27(12-15(16)11-24-13)21(28)17-5-3-8-23-17/h2-5,7-8,10-11,23H,6,9,12H2,1H3. The number of nitrogens with zero attached hydrogens (tertiary/aromatic N) is 5. The molecule has 0 unspecified atom stereocenters. The van der Waals surface area contributed by atoms with Crippen LogP contribution in [0, 0.1) is 6.92 Å². The molecule has 5 rings (SSSR count). The molecule has 144 valence electrons. The van der Waals surface area contributed by atoms with E-state index in [4.69, 9.17) is 4.52 Å². The van der Waals surface area contributed by atoms with E-state index in [0.717, 1.165) is 27.9 Å². The van der Waals surface area contributed by atoms with Gasteiger partial charge in [0.25, 0.3) is 11.8 Å². The molecular formula is C21H18N6O2. The van der Waals surface area contributed by atoms with Crippen LogP contribution in [0.3, 0.4) is 0 Å². The molecule has 0 saturated carbocycles. The molecular weight excluding hydrogens is 368 g/mol. The SMILES string of the molecule is Cc1ncc2c(c1-c1noc(-c3cccnc3)n1)CCN(C(=O)c1ccc[nH]1)C2. The number of H-pyrrole nitrogens is 1. The van der Waals surface area contributed by atoms with Crippen molar-refractivity contribution in [3.63, 3.8) is 0 Å². The van der Waals surface area contributed by atoms with Crippen molar-refractivity contribution in [1.29, 1.82) is 0 Å². The van der Waals surface area contributed by atoms with E-state index in [-0.39, 0.29) is 5.91 Å². The van der Waals surface area contributed by atoms with Gasteiger partial charge in [0.15, 0.2) is 0 Å². The van der Waals surface area contributed by atoms with Gasteiger partial charge < -0.3 is 14.4 Å². The summed E-state index contributed by atoms with van der Waals surface area (Å²) in [7, 11) is 0. The summed E-state index contributed by atoms with van der Waals surface area (Å²) in [6.45, 7) is 3.06. The van der Waals surface area contributed by atoms with Crippen LogP contribution in [-0.4, -0.2) is 42.4 Å². The van der Waals surface area contributed by atoms with Gasteiger partial charge in [0.2, 0.25) is 5.82 Å². The highest BCUT2D eigenvalue weighted by molar-refractivity contribution is 5.92. The maximum absolute atomic E-state index is 12.7. The fourth-order valence-electron chi connectivity index (χ4n) is 3.68. The number of pyridine rings is 2. The maximum Gasteiger partial charge on any atom is 0.270 e. The molecule has 8 nitrogen and oxygen atoms in total. The largest absolute Gasteiger partial charge is 0.357 e. The van der Waals surface area contributed by atoms with Crippen molar-refractivity contribution in [2.45, 2.75) is 19.9 Å². The lowest BCUT2D eigenvalue weighted by Gasteiger charge is -2.29. The van der Waals surface area contributed by atoms with Gasteiger partial charge in [-0.15, -0.1) is 0 Å². The van der Waals surface area contributed by atoms with Crippen LogP contribution in [0.5, 0.6) is 0 Å². The van der Waals surface area contributed by atoms with Crippen LogP contribution in [0.2, 0.25) is 0 Å². The zero-order valence-electron chi connectivity index (χ0n) is 15.8. The lowest BCUT2D eigenvalue weighted by molar-refractivity contribution is 0.0729. The van der Waals surface area contributed by atoms with Gasteiger partial charge in [0.05, 0.1) is 5.56 Å². The Bertz CT molecular complexity index is 1170. The molecule has 0 aliphatic carbocycles. The van der Waals surface area contributed by atoms with Crippen LogP contribution >= 0.6 is 0 Å². The van der Waals surface area contributed by atoms with Crippen LogP contribution in [0.1, 0.15) is 27.3 Å². The quantitative estimate of drug-likeness (QED) is 0.581. The van der Waals surface area contributed by atoms with Crippen LogP contribution in [0.25, 0.3) is 22.8 Å². The maximum atomic E-state index is 12.7. The molecule has 0 bridgehead atoms. The number of fused-ring (bicyclic) bond motifs is 1. The second kappa shape index (κ2) is 6.97. The molecule has 5 heterocycles. The third kappa shape index (κ3) is 3.08. The fourth-order valence-corrected chi connectivity index (χ4v) is 3.68. The van der Waals surface area contributed by atoms with Gasteiger partial charge in [0.1, 0.15) is 5.69 Å². The van der Waals surface area contributed by atoms with E-state index >= 15 is 0 Å². The van der Waals surface area contributed by atoms with Crippen LogP contribution < -0.4 is 0 Å². The zero-order chi connectivity index (χ0) is 19.8. The first-order valence-electron chi connectivity index (χ1n) is 9.35. The number of amides is 1. The van der Waals surface area contributed by atoms with Gasteiger partial charge in [-0.3, -0.25) is 14.8 Å². The summed E-state index contributed by atoms with van der Waals surface area (Å²) in [6.07, 6.45) is 7.68. The molecule has 1 aliphatic rings. The fraction of sp³-hybridized carbons (Fsp3) is 0.190. The van der Waals surface area contributed by atoms with Crippen LogP contribution in [-0.2, 0) is 13.0 Å². The lowest BCUT2D eigenvalue weighted by Crippen LogP contribution is -2.36. The molecule has 0 fully saturated rings. The summed E-state index contributed by atoms with van der Waals surface area (Å²) < 4.78 is 5.46. The van der Waals surface area contributed by atoms with Gasteiger partial charge in [-0.2, -0.15) is 4.98 Å². The number of aromatic amines is 1. The summed E-state index contributed by atoms with van der Waals surface area (Å²) in [5.41, 5.74) is 5.20. The smallest absolute Gasteiger partial charge is 0.270 e. The molecule has 4 aromatic heterocycles. The Morgan fingerprint density at radius 2 is 2.17 bits per heavy atom. The average Bonchev–Trinajstić information content (AvgIpc) is 3.46. The summed E-state index contributed by atoms with van der Waals surface area (Å²) in [5.74, 6) is 0.917. The number of aromatic nitrogens is 5. The molecule has 0 radical (unpaired) electrons. The van der Waals surface area contributed by atoms with Crippen molar-refractivity contribution in [3.8, 4) is 22.8 Å². The van der Waals surface area contributed by atoms with Crippen molar-refractivity contribution in [2.24, 2.45) is 0 Å². The molecule has 1 N–H and O–H groups in total. The van der Waals surface area contributed by atoms with Crippen molar-refractivity contribution in [2.75, 3.05) is 6.54 Å². The molecule has 1 aliphatic heterocycles. The molecule has 29 heavy (non-hydrogen) atoms. The monoisotopic (exact) mass is 386 g/mol. The molecule has 0 spiro atoms. The minimum absolute atomic E-state index is 0.0128. The summed E-state index contributed by atoms with van der Waals surface area (Å²) in [5, 5.41) is 4.19. The molecule has 8 heteroatoms. The molecule has 0 aromatic carbocycles. The molecule has 0 saturated heterocycles. The van der Waals surface area contributed by atoms with Crippen LogP contribution in [0.15, 0.2) is 53.6 Å². The topological polar surface area (TPSA) is 101 Å². The third-order valence-corrected chi connectivity index (χ3v) is 5.13. The van der Waals surface area contributed by atoms with E-state index in [2.05, 4.69) is 25.1 Å². The highest BCUT2D eigenvalue weighted by atomic mass is 16.5. The van der Waals surface area contributed by atoms with Crippen molar-refractivity contribution >= 4 is 5.91 Å². The first-order chi connectivity index (χ1) is 14.2. The normalized spacial score (nSPS) is 13.3. The molecule has 4 aromatic rings. The first-order valence-corrected chi connectivity index (χ1v) is 9.35. The van der Waals surface area contributed by atoms with E-state index in [1.54, 1.807) is 24.7 Å². The summed E-state index contributed by atoms with van der Waals surface area (Å²) in [4.78, 5) is 30.7. The van der Waals surface area contributed by atoms with Gasteiger partial charge >= 0.3 is 0 Å². The van der Waals surface area contributed by atoms with E-state index in [1.165, 1.54) is 0 Å². The van der Waals surface area contributed by atoms with E-state index < -0.39 is 0 Å². The summed E-state index contributed by atoms with van der Waals surface area (Å²) in [6, 6.07) is 7.31. The predicted molar refractivity (Wildman–Crippen MR) is 105 cm³/mol. The van der Waals surface area contributed by atoms with Gasteiger partial charge in [0, 0.05) is 49.1 Å². The third-order valence-electron chi connectivity index (χ3n) is 5.13. The van der Waals surface area contributed by atoms with Crippen molar-refractivity contribution in [3.05, 3.63) is 71.6 Å². The highest BCUT2D eigenvalue weighted by Gasteiger charge is 2.27. The number of carbonyl (C=O) groups excluding carboxylic acids is 1. The Morgan fingerprint density at radius 1 is 1.24 bits per heavy atom. The van der Waals surface area contributed by atoms with E-state index in [1.807, 2.05) is 36.2 Å².